The number of anilines is 1. The first-order chi connectivity index (χ1) is 12.7. The first-order valence-electron chi connectivity index (χ1n) is 7.66. The summed E-state index contributed by atoms with van der Waals surface area (Å²) in [5.74, 6) is -0.613. The van der Waals surface area contributed by atoms with Crippen LogP contribution in [-0.2, 0) is 16.6 Å². The summed E-state index contributed by atoms with van der Waals surface area (Å²) < 4.78 is 69.7. The summed E-state index contributed by atoms with van der Waals surface area (Å²) in [6, 6.07) is 12.6. The van der Waals surface area contributed by atoms with Crippen molar-refractivity contribution in [1.82, 2.24) is 9.78 Å². The van der Waals surface area contributed by atoms with E-state index < -0.39 is 22.1 Å². The smallest absolute Gasteiger partial charge is 0.406 e. The van der Waals surface area contributed by atoms with E-state index in [2.05, 4.69) is 14.6 Å². The van der Waals surface area contributed by atoms with Crippen LogP contribution in [-0.4, -0.2) is 24.6 Å². The van der Waals surface area contributed by atoms with Gasteiger partial charge in [-0.2, -0.15) is 5.10 Å². The molecule has 27 heavy (non-hydrogen) atoms. The minimum absolute atomic E-state index is 0.279. The van der Waals surface area contributed by atoms with Gasteiger partial charge in [0.25, 0.3) is 10.0 Å². The number of nitrogens with one attached hydrogen (secondary N) is 1. The summed E-state index contributed by atoms with van der Waals surface area (Å²) in [6.45, 7) is 0.442. The van der Waals surface area contributed by atoms with E-state index in [4.69, 9.17) is 0 Å². The number of nitrogens with zero attached hydrogens (tertiary/aromatic N) is 2. The van der Waals surface area contributed by atoms with Gasteiger partial charge < -0.3 is 4.74 Å². The SMILES string of the molecule is O=S(=O)(Nc1cccc(Cn2cccn2)c1)c1cccc(OC(F)(F)F)c1. The lowest BCUT2D eigenvalue weighted by molar-refractivity contribution is -0.274. The molecule has 1 aromatic heterocycles. The summed E-state index contributed by atoms with van der Waals surface area (Å²) in [7, 11) is -4.09. The molecular weight excluding hydrogens is 383 g/mol. The van der Waals surface area contributed by atoms with Crippen LogP contribution in [0.2, 0.25) is 0 Å². The number of benzene rings is 2. The third-order valence-corrected chi connectivity index (χ3v) is 4.81. The molecule has 0 aliphatic rings. The van der Waals surface area contributed by atoms with E-state index in [0.29, 0.717) is 6.54 Å². The van der Waals surface area contributed by atoms with Crippen LogP contribution >= 0.6 is 0 Å². The Hall–Kier alpha value is -3.01. The lowest BCUT2D eigenvalue weighted by atomic mass is 10.2. The number of alkyl halides is 3. The fourth-order valence-electron chi connectivity index (χ4n) is 2.37. The molecule has 0 spiro atoms. The van der Waals surface area contributed by atoms with E-state index in [0.717, 1.165) is 17.7 Å². The van der Waals surface area contributed by atoms with Gasteiger partial charge >= 0.3 is 6.36 Å². The Labute approximate surface area is 153 Å². The second-order valence-corrected chi connectivity index (χ2v) is 7.21. The highest BCUT2D eigenvalue weighted by molar-refractivity contribution is 7.92. The molecule has 0 unspecified atom stereocenters. The molecule has 0 fully saturated rings. The van der Waals surface area contributed by atoms with Crippen molar-refractivity contribution in [3.05, 3.63) is 72.6 Å². The second kappa shape index (κ2) is 7.31. The van der Waals surface area contributed by atoms with Gasteiger partial charge in [-0.3, -0.25) is 9.40 Å². The van der Waals surface area contributed by atoms with Crippen LogP contribution in [0, 0.1) is 0 Å². The molecule has 0 atom stereocenters. The highest BCUT2D eigenvalue weighted by atomic mass is 32.2. The Bertz CT molecular complexity index is 1020. The van der Waals surface area contributed by atoms with Crippen LogP contribution in [0.25, 0.3) is 0 Å². The fourth-order valence-corrected chi connectivity index (χ4v) is 3.45. The molecule has 0 aliphatic heterocycles. The van der Waals surface area contributed by atoms with Crippen LogP contribution in [0.3, 0.4) is 0 Å². The van der Waals surface area contributed by atoms with Gasteiger partial charge in [-0.05, 0) is 35.9 Å². The maximum absolute atomic E-state index is 12.5. The zero-order valence-electron chi connectivity index (χ0n) is 13.7. The van der Waals surface area contributed by atoms with E-state index in [-0.39, 0.29) is 10.6 Å². The van der Waals surface area contributed by atoms with E-state index in [9.17, 15) is 21.6 Å². The van der Waals surface area contributed by atoms with Crippen LogP contribution in [0.5, 0.6) is 5.75 Å². The van der Waals surface area contributed by atoms with Crippen molar-refractivity contribution in [3.63, 3.8) is 0 Å². The van der Waals surface area contributed by atoms with E-state index in [1.165, 1.54) is 12.1 Å². The Kier molecular flexibility index (Phi) is 5.08. The maximum atomic E-state index is 12.5. The molecule has 3 aromatic rings. The first-order valence-corrected chi connectivity index (χ1v) is 9.15. The van der Waals surface area contributed by atoms with Crippen LogP contribution in [0.15, 0.2) is 71.9 Å². The second-order valence-electron chi connectivity index (χ2n) is 5.53. The maximum Gasteiger partial charge on any atom is 0.573 e. The average Bonchev–Trinajstić information content (AvgIpc) is 3.06. The molecule has 0 bridgehead atoms. The minimum atomic E-state index is -4.91. The zero-order chi connectivity index (χ0) is 19.5. The van der Waals surface area contributed by atoms with Crippen LogP contribution in [0.4, 0.5) is 18.9 Å². The molecule has 0 saturated heterocycles. The molecule has 1 N–H and O–H groups in total. The Morgan fingerprint density at radius 1 is 1.07 bits per heavy atom. The number of hydrogen-bond acceptors (Lipinski definition) is 4. The number of aromatic nitrogens is 2. The van der Waals surface area contributed by atoms with E-state index in [1.807, 2.05) is 0 Å². The number of halogens is 3. The van der Waals surface area contributed by atoms with Crippen molar-refractivity contribution in [2.75, 3.05) is 4.72 Å². The van der Waals surface area contributed by atoms with Gasteiger partial charge in [0.05, 0.1) is 11.4 Å². The minimum Gasteiger partial charge on any atom is -0.406 e. The quantitative estimate of drug-likeness (QED) is 0.689. The molecule has 142 valence electrons. The average molecular weight is 397 g/mol. The highest BCUT2D eigenvalue weighted by Gasteiger charge is 2.31. The Morgan fingerprint density at radius 2 is 1.85 bits per heavy atom. The lowest BCUT2D eigenvalue weighted by Crippen LogP contribution is -2.18. The standard InChI is InChI=1S/C17H14F3N3O3S/c18-17(19,20)26-15-6-2-7-16(11-15)27(24,25)22-14-5-1-4-13(10-14)12-23-9-3-8-21-23/h1-11,22H,12H2. The molecule has 0 saturated carbocycles. The van der Waals surface area contributed by atoms with Crippen molar-refractivity contribution in [2.45, 2.75) is 17.8 Å². The van der Waals surface area contributed by atoms with E-state index >= 15 is 0 Å². The first kappa shape index (κ1) is 18.8. The topological polar surface area (TPSA) is 73.2 Å². The highest BCUT2D eigenvalue weighted by Crippen LogP contribution is 2.26. The molecule has 0 amide bonds. The van der Waals surface area contributed by atoms with Gasteiger partial charge in [0.2, 0.25) is 0 Å². The third-order valence-electron chi connectivity index (χ3n) is 3.43. The van der Waals surface area contributed by atoms with Gasteiger partial charge in [-0.25, -0.2) is 8.42 Å². The van der Waals surface area contributed by atoms with Gasteiger partial charge in [0.1, 0.15) is 5.75 Å². The van der Waals surface area contributed by atoms with Gasteiger partial charge in [-0.15, -0.1) is 13.2 Å². The lowest BCUT2D eigenvalue weighted by Gasteiger charge is -2.12. The van der Waals surface area contributed by atoms with Gasteiger partial charge in [0, 0.05) is 24.1 Å². The third kappa shape index (κ3) is 5.23. The monoisotopic (exact) mass is 397 g/mol. The summed E-state index contributed by atoms with van der Waals surface area (Å²) in [6.07, 6.45) is -1.51. The fraction of sp³-hybridized carbons (Fsp3) is 0.118. The molecule has 6 nitrogen and oxygen atoms in total. The molecular formula is C17H14F3N3O3S. The molecule has 1 heterocycles. The van der Waals surface area contributed by atoms with Crippen LogP contribution < -0.4 is 9.46 Å². The number of hydrogen-bond donors (Lipinski definition) is 1. The van der Waals surface area contributed by atoms with Crippen molar-refractivity contribution in [3.8, 4) is 5.75 Å². The summed E-state index contributed by atoms with van der Waals surface area (Å²) in [5, 5.41) is 4.07. The Morgan fingerprint density at radius 3 is 2.56 bits per heavy atom. The van der Waals surface area contributed by atoms with Gasteiger partial charge in [0.15, 0.2) is 0 Å². The normalized spacial score (nSPS) is 12.0. The molecule has 10 heteroatoms. The van der Waals surface area contributed by atoms with Crippen LogP contribution in [0.1, 0.15) is 5.56 Å². The Balaban J connectivity index is 1.79. The van der Waals surface area contributed by atoms with Crippen molar-refractivity contribution >= 4 is 15.7 Å². The molecule has 0 radical (unpaired) electrons. The summed E-state index contributed by atoms with van der Waals surface area (Å²) >= 11 is 0. The van der Waals surface area contributed by atoms with Crippen molar-refractivity contribution in [2.24, 2.45) is 0 Å². The molecule has 2 aromatic carbocycles. The molecule has 0 aliphatic carbocycles. The predicted octanol–water partition coefficient (Wildman–Crippen LogP) is 3.63. The van der Waals surface area contributed by atoms with Crippen molar-refractivity contribution in [1.29, 1.82) is 0 Å². The number of rotatable bonds is 6. The number of ether oxygens (including phenoxy) is 1. The zero-order valence-corrected chi connectivity index (χ0v) is 14.5. The largest absolute Gasteiger partial charge is 0.573 e. The van der Waals surface area contributed by atoms with Crippen molar-refractivity contribution < 1.29 is 26.3 Å². The van der Waals surface area contributed by atoms with Gasteiger partial charge in [-0.1, -0.05) is 18.2 Å². The van der Waals surface area contributed by atoms with E-state index in [1.54, 1.807) is 47.4 Å². The summed E-state index contributed by atoms with van der Waals surface area (Å²) in [4.78, 5) is -0.346. The molecule has 3 rings (SSSR count). The predicted molar refractivity (Wildman–Crippen MR) is 91.7 cm³/mol. The summed E-state index contributed by atoms with van der Waals surface area (Å²) in [5.41, 5.74) is 1.08. The number of sulfonamides is 1.